The molecule has 0 radical (unpaired) electrons. The molecule has 0 aliphatic rings. The van der Waals surface area contributed by atoms with Crippen molar-refractivity contribution < 1.29 is 0 Å². The van der Waals surface area contributed by atoms with Crippen molar-refractivity contribution in [2.45, 2.75) is 0 Å². The summed E-state index contributed by atoms with van der Waals surface area (Å²) in [4.78, 5) is 14.0. The molecule has 9 aromatic carbocycles. The van der Waals surface area contributed by atoms with E-state index in [1.54, 1.807) is 0 Å². The molecule has 0 saturated carbocycles. The first-order chi connectivity index (χ1) is 28.2. The summed E-state index contributed by atoms with van der Waals surface area (Å²) in [5.74, 6) is 0. The molecule has 57 heavy (non-hydrogen) atoms. The third kappa shape index (κ3) is 3.98. The van der Waals surface area contributed by atoms with E-state index in [9.17, 15) is 4.79 Å². The molecule has 0 atom stereocenters. The fraction of sp³-hybridized carbons (Fsp3) is 0. The summed E-state index contributed by atoms with van der Waals surface area (Å²) in [6.07, 6.45) is 0. The Labute approximate surface area is 325 Å². The van der Waals surface area contributed by atoms with Crippen LogP contribution in [0.1, 0.15) is 0 Å². The lowest BCUT2D eigenvalue weighted by Gasteiger charge is -2.16. The monoisotopic (exact) mass is 725 g/mol. The summed E-state index contributed by atoms with van der Waals surface area (Å²) >= 11 is 0. The summed E-state index contributed by atoms with van der Waals surface area (Å²) in [7, 11) is 0. The number of para-hydroxylation sites is 4. The third-order valence-corrected chi connectivity index (χ3v) is 12.4. The Morgan fingerprint density at radius 3 is 1.60 bits per heavy atom. The van der Waals surface area contributed by atoms with Crippen LogP contribution in [-0.4, -0.2) is 13.5 Å². The van der Waals surface area contributed by atoms with Crippen LogP contribution in [0.5, 0.6) is 0 Å². The van der Waals surface area contributed by atoms with Crippen LogP contribution in [0.2, 0.25) is 0 Å². The Balaban J connectivity index is 1.11. The maximum absolute atomic E-state index is 14.0. The average Bonchev–Trinajstić information content (AvgIpc) is 3.92. The second-order valence-electron chi connectivity index (χ2n) is 15.2. The maximum atomic E-state index is 14.0. The smallest absolute Gasteiger partial charge is 0.263 e. The zero-order chi connectivity index (χ0) is 37.4. The highest BCUT2D eigenvalue weighted by molar-refractivity contribution is 6.25. The first-order valence-electron chi connectivity index (χ1n) is 19.5. The molecule has 0 bridgehead atoms. The van der Waals surface area contributed by atoms with Crippen LogP contribution < -0.4 is 5.56 Å². The lowest BCUT2D eigenvalue weighted by Crippen LogP contribution is -2.12. The minimum atomic E-state index is 0.0263. The summed E-state index contributed by atoms with van der Waals surface area (Å²) < 4.78 is 6.86. The van der Waals surface area contributed by atoms with Crippen molar-refractivity contribution >= 4 is 92.3 Å². The zero-order valence-electron chi connectivity index (χ0n) is 30.6. The van der Waals surface area contributed by atoms with Gasteiger partial charge < -0.3 is 9.13 Å². The van der Waals surface area contributed by atoms with Crippen LogP contribution in [0, 0.1) is 0 Å². The van der Waals surface area contributed by atoms with Gasteiger partial charge >= 0.3 is 0 Å². The standard InChI is InChI=1S/C53H31N3O/c57-53-44-20-7-5-16-36(44)40-21-12-22-41-45-31-32(25-29-49(45)56(53)50(40)41)34-28-30-48(37-17-6-4-15-35(34)37)55-47-24-11-9-19-39(47)43-27-26-42-38-18-8-10-23-46(38)54(51(42)52(43)55)33-13-2-1-3-14-33/h1-31H. The minimum Gasteiger partial charge on any atom is -0.307 e. The fourth-order valence-corrected chi connectivity index (χ4v) is 10.0. The van der Waals surface area contributed by atoms with Crippen molar-refractivity contribution in [3.8, 4) is 22.5 Å². The number of hydrogen-bond acceptors (Lipinski definition) is 1. The van der Waals surface area contributed by atoms with Crippen LogP contribution in [0.4, 0.5) is 0 Å². The molecule has 13 rings (SSSR count). The summed E-state index contributed by atoms with van der Waals surface area (Å²) in [5.41, 5.74) is 11.2. The molecule has 0 aliphatic carbocycles. The molecular formula is C53H31N3O. The number of benzene rings is 9. The molecular weight excluding hydrogens is 695 g/mol. The normalized spacial score (nSPS) is 12.3. The molecule has 264 valence electrons. The van der Waals surface area contributed by atoms with Crippen molar-refractivity contribution in [1.82, 2.24) is 13.5 Å². The molecule has 0 unspecified atom stereocenters. The minimum absolute atomic E-state index is 0.0263. The zero-order valence-corrected chi connectivity index (χ0v) is 30.6. The fourth-order valence-electron chi connectivity index (χ4n) is 10.0. The molecule has 0 N–H and O–H groups in total. The lowest BCUT2D eigenvalue weighted by molar-refractivity contribution is 1.16. The Morgan fingerprint density at radius 2 is 0.860 bits per heavy atom. The summed E-state index contributed by atoms with van der Waals surface area (Å²) in [6.45, 7) is 0. The van der Waals surface area contributed by atoms with Crippen molar-refractivity contribution in [1.29, 1.82) is 0 Å². The largest absolute Gasteiger partial charge is 0.307 e. The second-order valence-corrected chi connectivity index (χ2v) is 15.2. The van der Waals surface area contributed by atoms with Crippen molar-refractivity contribution in [3.63, 3.8) is 0 Å². The van der Waals surface area contributed by atoms with Crippen LogP contribution in [0.3, 0.4) is 0 Å². The van der Waals surface area contributed by atoms with Crippen LogP contribution in [-0.2, 0) is 0 Å². The van der Waals surface area contributed by atoms with E-state index >= 15 is 0 Å². The van der Waals surface area contributed by atoms with Crippen molar-refractivity contribution in [2.24, 2.45) is 0 Å². The van der Waals surface area contributed by atoms with E-state index in [1.807, 2.05) is 22.6 Å². The topological polar surface area (TPSA) is 31.3 Å². The van der Waals surface area contributed by atoms with E-state index in [2.05, 4.69) is 179 Å². The number of pyridine rings is 1. The Bertz CT molecular complexity index is 3890. The Hall–Kier alpha value is -7.69. The number of aromatic nitrogens is 3. The lowest BCUT2D eigenvalue weighted by atomic mass is 9.95. The Morgan fingerprint density at radius 1 is 0.316 bits per heavy atom. The number of nitrogens with zero attached hydrogens (tertiary/aromatic N) is 3. The predicted octanol–water partition coefficient (Wildman–Crippen LogP) is 13.2. The molecule has 0 fully saturated rings. The number of fused-ring (bicyclic) bond motifs is 13. The van der Waals surface area contributed by atoms with Crippen molar-refractivity contribution in [3.05, 3.63) is 198 Å². The summed E-state index contributed by atoms with van der Waals surface area (Å²) in [6, 6.07) is 67.3. The molecule has 0 aliphatic heterocycles. The van der Waals surface area contributed by atoms with E-state index in [0.29, 0.717) is 0 Å². The highest BCUT2D eigenvalue weighted by Gasteiger charge is 2.23. The van der Waals surface area contributed by atoms with E-state index in [-0.39, 0.29) is 5.56 Å². The molecule has 0 spiro atoms. The van der Waals surface area contributed by atoms with E-state index in [4.69, 9.17) is 0 Å². The van der Waals surface area contributed by atoms with E-state index in [0.717, 1.165) is 60.5 Å². The van der Waals surface area contributed by atoms with Crippen molar-refractivity contribution in [2.75, 3.05) is 0 Å². The molecule has 4 heterocycles. The van der Waals surface area contributed by atoms with Gasteiger partial charge in [-0.25, -0.2) is 0 Å². The first-order valence-corrected chi connectivity index (χ1v) is 19.5. The maximum Gasteiger partial charge on any atom is 0.263 e. The molecule has 13 aromatic rings. The van der Waals surface area contributed by atoms with E-state index in [1.165, 1.54) is 54.4 Å². The van der Waals surface area contributed by atoms with Crippen LogP contribution in [0.25, 0.3) is 115 Å². The first kappa shape index (κ1) is 30.6. The SMILES string of the molecule is O=c1c2ccccc2c2cccc3c4cc(-c5ccc(-n6c7ccccc7c7ccc8c9ccccc9n(-c9ccccc9)c8c76)c6ccccc56)ccc4n1c23. The van der Waals surface area contributed by atoms with Gasteiger partial charge in [0.2, 0.25) is 0 Å². The van der Waals surface area contributed by atoms with Gasteiger partial charge in [-0.1, -0.05) is 140 Å². The van der Waals surface area contributed by atoms with Gasteiger partial charge in [0.1, 0.15) is 0 Å². The summed E-state index contributed by atoms with van der Waals surface area (Å²) in [5, 5.41) is 12.3. The molecule has 0 amide bonds. The van der Waals surface area contributed by atoms with Gasteiger partial charge in [0.25, 0.3) is 5.56 Å². The molecule has 4 heteroatoms. The van der Waals surface area contributed by atoms with Gasteiger partial charge in [0.05, 0.1) is 38.8 Å². The van der Waals surface area contributed by atoms with Gasteiger partial charge in [-0.05, 0) is 70.4 Å². The van der Waals surface area contributed by atoms with Gasteiger partial charge in [-0.3, -0.25) is 9.20 Å². The average molecular weight is 726 g/mol. The number of hydrogen-bond donors (Lipinski definition) is 0. The highest BCUT2D eigenvalue weighted by Crippen LogP contribution is 2.44. The van der Waals surface area contributed by atoms with Crippen LogP contribution >= 0.6 is 0 Å². The molecule has 4 aromatic heterocycles. The van der Waals surface area contributed by atoms with E-state index < -0.39 is 0 Å². The quantitative estimate of drug-likeness (QED) is 0.167. The van der Waals surface area contributed by atoms with Gasteiger partial charge in [-0.15, -0.1) is 0 Å². The second kappa shape index (κ2) is 11.2. The predicted molar refractivity (Wildman–Crippen MR) is 239 cm³/mol. The number of rotatable bonds is 3. The third-order valence-electron chi connectivity index (χ3n) is 12.4. The van der Waals surface area contributed by atoms with Gasteiger partial charge in [0, 0.05) is 54.2 Å². The molecule has 4 nitrogen and oxygen atoms in total. The molecule has 0 saturated heterocycles. The highest BCUT2D eigenvalue weighted by atomic mass is 16.1. The Kier molecular flexibility index (Phi) is 6.01. The van der Waals surface area contributed by atoms with Crippen LogP contribution in [0.15, 0.2) is 193 Å². The van der Waals surface area contributed by atoms with Gasteiger partial charge in [-0.2, -0.15) is 0 Å². The van der Waals surface area contributed by atoms with Gasteiger partial charge in [0.15, 0.2) is 0 Å².